The summed E-state index contributed by atoms with van der Waals surface area (Å²) in [6, 6.07) is 2.87. The van der Waals surface area contributed by atoms with Gasteiger partial charge in [-0.15, -0.1) is 0 Å². The average molecular weight is 431 g/mol. The van der Waals surface area contributed by atoms with E-state index in [4.69, 9.17) is 4.74 Å². The summed E-state index contributed by atoms with van der Waals surface area (Å²) in [7, 11) is 0. The summed E-state index contributed by atoms with van der Waals surface area (Å²) >= 11 is 0. The van der Waals surface area contributed by atoms with Gasteiger partial charge in [0.1, 0.15) is 34.9 Å². The summed E-state index contributed by atoms with van der Waals surface area (Å²) in [5.41, 5.74) is -1.23. The zero-order valence-corrected chi connectivity index (χ0v) is 17.9. The summed E-state index contributed by atoms with van der Waals surface area (Å²) in [4.78, 5) is 26.4. The standard InChI is InChI=1S/C23H30N2O6/c1-22(2)12-10-15(22)23(30)16(11-12)31-19-13(20(23)28)5-6-14(26)18(19)21(29)24-7-9-25-8-3-4-17(25)27/h5-6,12,15-16,20,26,28,30H,3-4,7-11H2,1-2H3,(H,24,29)/t12-,15-,16-,20+,23-/m1/s1. The van der Waals surface area contributed by atoms with Crippen LogP contribution in [-0.2, 0) is 4.79 Å². The number of carbonyl (C=O) groups is 2. The monoisotopic (exact) mass is 430 g/mol. The van der Waals surface area contributed by atoms with Crippen molar-refractivity contribution < 1.29 is 29.6 Å². The number of nitrogens with one attached hydrogen (secondary N) is 1. The van der Waals surface area contributed by atoms with Crippen molar-refractivity contribution in [3.05, 3.63) is 23.3 Å². The predicted molar refractivity (Wildman–Crippen MR) is 111 cm³/mol. The van der Waals surface area contributed by atoms with Gasteiger partial charge in [-0.25, -0.2) is 0 Å². The third-order valence-corrected chi connectivity index (χ3v) is 8.27. The van der Waals surface area contributed by atoms with Gasteiger partial charge in [0, 0.05) is 31.6 Å². The zero-order chi connectivity index (χ0) is 22.1. The highest BCUT2D eigenvalue weighted by atomic mass is 16.5. The second kappa shape index (κ2) is 6.84. The first-order chi connectivity index (χ1) is 14.7. The fraction of sp³-hybridized carbons (Fsp3) is 0.652. The van der Waals surface area contributed by atoms with Crippen molar-refractivity contribution in [3.63, 3.8) is 0 Å². The molecule has 1 aromatic rings. The lowest BCUT2D eigenvalue weighted by molar-refractivity contribution is -0.289. The van der Waals surface area contributed by atoms with Crippen molar-refractivity contribution >= 4 is 11.8 Å². The van der Waals surface area contributed by atoms with Crippen LogP contribution in [0.25, 0.3) is 0 Å². The number of hydrogen-bond acceptors (Lipinski definition) is 6. The van der Waals surface area contributed by atoms with Crippen LogP contribution in [-0.4, -0.2) is 63.4 Å². The molecular formula is C23H30N2O6. The highest BCUT2D eigenvalue weighted by Crippen LogP contribution is 2.67. The maximum absolute atomic E-state index is 12.9. The number of rotatable bonds is 4. The highest BCUT2D eigenvalue weighted by molar-refractivity contribution is 6.00. The first-order valence-electron chi connectivity index (χ1n) is 11.1. The first-order valence-corrected chi connectivity index (χ1v) is 11.1. The molecule has 31 heavy (non-hydrogen) atoms. The molecule has 0 aromatic heterocycles. The number of phenols is 1. The molecule has 4 fully saturated rings. The molecule has 3 aliphatic carbocycles. The van der Waals surface area contributed by atoms with Crippen LogP contribution in [0.4, 0.5) is 0 Å². The minimum Gasteiger partial charge on any atom is -0.507 e. The Morgan fingerprint density at radius 1 is 1.32 bits per heavy atom. The van der Waals surface area contributed by atoms with Gasteiger partial charge >= 0.3 is 0 Å². The highest BCUT2D eigenvalue weighted by Gasteiger charge is 2.69. The lowest BCUT2D eigenvalue weighted by atomic mass is 9.42. The van der Waals surface area contributed by atoms with Crippen LogP contribution in [0, 0.1) is 17.3 Å². The normalized spacial score (nSPS) is 35.0. The Morgan fingerprint density at radius 2 is 2.10 bits per heavy atom. The minimum atomic E-state index is -1.42. The minimum absolute atomic E-state index is 0.0372. The summed E-state index contributed by atoms with van der Waals surface area (Å²) in [6.45, 7) is 5.58. The molecule has 0 radical (unpaired) electrons. The fourth-order valence-corrected chi connectivity index (χ4v) is 6.26. The Bertz CT molecular complexity index is 946. The fourth-order valence-electron chi connectivity index (χ4n) is 6.26. The van der Waals surface area contributed by atoms with E-state index in [-0.39, 0.29) is 40.8 Å². The summed E-state index contributed by atoms with van der Waals surface area (Å²) in [5.74, 6) is -0.276. The Morgan fingerprint density at radius 3 is 2.77 bits per heavy atom. The molecule has 3 saturated carbocycles. The van der Waals surface area contributed by atoms with E-state index in [0.717, 1.165) is 12.8 Å². The van der Waals surface area contributed by atoms with Crippen LogP contribution >= 0.6 is 0 Å². The van der Waals surface area contributed by atoms with Crippen LogP contribution in [0.15, 0.2) is 12.1 Å². The predicted octanol–water partition coefficient (Wildman–Crippen LogP) is 1.34. The van der Waals surface area contributed by atoms with E-state index in [1.165, 1.54) is 12.1 Å². The van der Waals surface area contributed by atoms with Gasteiger partial charge in [0.05, 0.1) is 0 Å². The zero-order valence-electron chi connectivity index (χ0n) is 17.9. The molecule has 2 amide bonds. The number of aliphatic hydroxyl groups is 2. The largest absolute Gasteiger partial charge is 0.507 e. The smallest absolute Gasteiger partial charge is 0.258 e. The van der Waals surface area contributed by atoms with Crippen molar-refractivity contribution in [2.24, 2.45) is 17.3 Å². The van der Waals surface area contributed by atoms with Gasteiger partial charge in [-0.2, -0.15) is 0 Å². The van der Waals surface area contributed by atoms with E-state index in [0.29, 0.717) is 37.4 Å². The molecule has 8 heteroatoms. The average Bonchev–Trinajstić information content (AvgIpc) is 3.12. The molecule has 168 valence electrons. The van der Waals surface area contributed by atoms with Gasteiger partial charge in [-0.05, 0) is 48.6 Å². The van der Waals surface area contributed by atoms with E-state index >= 15 is 0 Å². The molecule has 1 aromatic carbocycles. The van der Waals surface area contributed by atoms with E-state index in [1.54, 1.807) is 4.90 Å². The van der Waals surface area contributed by atoms with Crippen LogP contribution in [0.2, 0.25) is 0 Å². The maximum atomic E-state index is 12.9. The third kappa shape index (κ3) is 2.80. The summed E-state index contributed by atoms with van der Waals surface area (Å²) in [6.07, 6.45) is 0.953. The molecule has 5 atom stereocenters. The Hall–Kier alpha value is -2.32. The number of fused-ring (bicyclic) bond motifs is 1. The van der Waals surface area contributed by atoms with Gasteiger partial charge in [0.25, 0.3) is 5.91 Å². The summed E-state index contributed by atoms with van der Waals surface area (Å²) < 4.78 is 6.14. The molecule has 0 spiro atoms. The molecular weight excluding hydrogens is 400 g/mol. The number of ether oxygens (including phenoxy) is 1. The topological polar surface area (TPSA) is 119 Å². The lowest BCUT2D eigenvalue weighted by Gasteiger charge is -2.67. The maximum Gasteiger partial charge on any atom is 0.258 e. The third-order valence-electron chi connectivity index (χ3n) is 8.27. The van der Waals surface area contributed by atoms with E-state index in [2.05, 4.69) is 19.2 Å². The van der Waals surface area contributed by atoms with Crippen LogP contribution in [0.5, 0.6) is 11.5 Å². The molecule has 8 nitrogen and oxygen atoms in total. The summed E-state index contributed by atoms with van der Waals surface area (Å²) in [5, 5.41) is 35.9. The van der Waals surface area contributed by atoms with Crippen molar-refractivity contribution in [3.8, 4) is 11.5 Å². The molecule has 2 bridgehead atoms. The SMILES string of the molecule is CC1(C)[C@@H]2C[C@H]1[C@@]1(O)[C@@H](C2)Oc2c(ccc(O)c2C(=O)NCCN2CCCC2=O)[C@@H]1O. The Balaban J connectivity index is 1.40. The number of carbonyl (C=O) groups excluding carboxylic acids is 2. The molecule has 5 aliphatic rings. The first kappa shape index (κ1) is 20.6. The molecule has 6 rings (SSSR count). The quantitative estimate of drug-likeness (QED) is 0.572. The van der Waals surface area contributed by atoms with Crippen LogP contribution in [0.1, 0.15) is 61.6 Å². The molecule has 2 aliphatic heterocycles. The molecule has 4 N–H and O–H groups in total. The number of phenolic OH excluding ortho intramolecular Hbond substituents is 1. The second-order valence-electron chi connectivity index (χ2n) is 10.1. The van der Waals surface area contributed by atoms with E-state index in [1.807, 2.05) is 0 Å². The number of hydrogen-bond donors (Lipinski definition) is 4. The number of aromatic hydroxyl groups is 1. The molecule has 1 saturated heterocycles. The lowest BCUT2D eigenvalue weighted by Crippen LogP contribution is -2.72. The number of aliphatic hydroxyl groups excluding tert-OH is 1. The Labute approximate surface area is 181 Å². The van der Waals surface area contributed by atoms with Gasteiger partial charge in [-0.1, -0.05) is 13.8 Å². The van der Waals surface area contributed by atoms with Gasteiger partial charge in [0.15, 0.2) is 0 Å². The number of amides is 2. The van der Waals surface area contributed by atoms with Gasteiger partial charge in [-0.3, -0.25) is 9.59 Å². The van der Waals surface area contributed by atoms with Crippen molar-refractivity contribution in [2.45, 2.75) is 57.3 Å². The molecule has 0 unspecified atom stereocenters. The van der Waals surface area contributed by atoms with Gasteiger partial charge < -0.3 is 30.3 Å². The van der Waals surface area contributed by atoms with Crippen LogP contribution in [0.3, 0.4) is 0 Å². The van der Waals surface area contributed by atoms with Crippen molar-refractivity contribution in [1.82, 2.24) is 10.2 Å². The van der Waals surface area contributed by atoms with Crippen molar-refractivity contribution in [2.75, 3.05) is 19.6 Å². The second-order valence-corrected chi connectivity index (χ2v) is 10.1. The van der Waals surface area contributed by atoms with E-state index in [9.17, 15) is 24.9 Å². The number of likely N-dealkylation sites (tertiary alicyclic amines) is 1. The number of benzene rings is 1. The Kier molecular flexibility index (Phi) is 4.54. The van der Waals surface area contributed by atoms with E-state index < -0.39 is 23.7 Å². The van der Waals surface area contributed by atoms with Crippen LogP contribution < -0.4 is 10.1 Å². The number of nitrogens with zero attached hydrogens (tertiary/aromatic N) is 1. The molecule has 2 heterocycles. The van der Waals surface area contributed by atoms with Gasteiger partial charge in [0.2, 0.25) is 5.91 Å². The van der Waals surface area contributed by atoms with Crippen molar-refractivity contribution in [1.29, 1.82) is 0 Å².